The average Bonchev–Trinajstić information content (AvgIpc) is 2.58. The van der Waals surface area contributed by atoms with Gasteiger partial charge in [0.25, 0.3) is 0 Å². The number of anilines is 1. The first kappa shape index (κ1) is 16.7. The standard InChI is InChI=1S/C18H21ClN2O3/c1-18(2)15-8-16(19)20-9-11(15)10-21(17(18)22)12-5-13(23-3)7-14(6-12)24-4/h5-8,20H,9-10H2,1-4H3. The van der Waals surface area contributed by atoms with E-state index < -0.39 is 5.41 Å². The van der Waals surface area contributed by atoms with E-state index in [0.29, 0.717) is 29.7 Å². The first-order valence-corrected chi connectivity index (χ1v) is 8.13. The summed E-state index contributed by atoms with van der Waals surface area (Å²) in [5.74, 6) is 1.33. The number of rotatable bonds is 3. The number of carbonyl (C=O) groups is 1. The lowest BCUT2D eigenvalue weighted by molar-refractivity contribution is -0.125. The van der Waals surface area contributed by atoms with Crippen LogP contribution in [0.1, 0.15) is 13.8 Å². The minimum atomic E-state index is -0.647. The largest absolute Gasteiger partial charge is 0.497 e. The third-order valence-electron chi connectivity index (χ3n) is 4.57. The summed E-state index contributed by atoms with van der Waals surface area (Å²) >= 11 is 6.10. The number of amides is 1. The quantitative estimate of drug-likeness (QED) is 0.853. The van der Waals surface area contributed by atoms with Crippen molar-refractivity contribution in [2.45, 2.75) is 13.8 Å². The lowest BCUT2D eigenvalue weighted by Gasteiger charge is -2.41. The Bertz CT molecular complexity index is 730. The fourth-order valence-corrected chi connectivity index (χ4v) is 3.38. The maximum Gasteiger partial charge on any atom is 0.237 e. The van der Waals surface area contributed by atoms with Crippen LogP contribution in [-0.4, -0.2) is 33.2 Å². The van der Waals surface area contributed by atoms with E-state index in [4.69, 9.17) is 21.1 Å². The molecule has 0 saturated carbocycles. The summed E-state index contributed by atoms with van der Waals surface area (Å²) < 4.78 is 10.7. The van der Waals surface area contributed by atoms with Crippen molar-refractivity contribution in [1.29, 1.82) is 0 Å². The van der Waals surface area contributed by atoms with E-state index in [1.54, 1.807) is 25.2 Å². The molecule has 0 aliphatic carbocycles. The summed E-state index contributed by atoms with van der Waals surface area (Å²) in [6, 6.07) is 5.49. The van der Waals surface area contributed by atoms with Crippen LogP contribution < -0.4 is 19.7 Å². The molecule has 3 rings (SSSR count). The number of nitrogens with one attached hydrogen (secondary N) is 1. The topological polar surface area (TPSA) is 50.8 Å². The second-order valence-electron chi connectivity index (χ2n) is 6.45. The molecule has 0 aromatic heterocycles. The number of methoxy groups -OCH3 is 2. The van der Waals surface area contributed by atoms with Gasteiger partial charge in [-0.25, -0.2) is 0 Å². The number of ether oxygens (including phenoxy) is 2. The molecule has 24 heavy (non-hydrogen) atoms. The number of dihydropyridines is 1. The van der Waals surface area contributed by atoms with Crippen molar-refractivity contribution in [2.24, 2.45) is 5.41 Å². The number of benzene rings is 1. The van der Waals surface area contributed by atoms with Crippen LogP contribution >= 0.6 is 11.6 Å². The monoisotopic (exact) mass is 348 g/mol. The molecule has 1 aromatic carbocycles. The third-order valence-corrected chi connectivity index (χ3v) is 4.82. The fraction of sp³-hybridized carbons (Fsp3) is 0.389. The SMILES string of the molecule is COc1cc(OC)cc(N2CC3=C(C=C(Cl)NC3)C(C)(C)C2=O)c1. The number of halogens is 1. The molecule has 2 aliphatic heterocycles. The van der Waals surface area contributed by atoms with E-state index in [1.165, 1.54) is 0 Å². The predicted octanol–water partition coefficient (Wildman–Crippen LogP) is 3.06. The normalized spacial score (nSPS) is 19.5. The van der Waals surface area contributed by atoms with E-state index >= 15 is 0 Å². The van der Waals surface area contributed by atoms with Crippen LogP contribution in [0.25, 0.3) is 0 Å². The van der Waals surface area contributed by atoms with Gasteiger partial charge >= 0.3 is 0 Å². The Morgan fingerprint density at radius 3 is 2.38 bits per heavy atom. The van der Waals surface area contributed by atoms with Crippen molar-refractivity contribution in [3.63, 3.8) is 0 Å². The van der Waals surface area contributed by atoms with Crippen LogP contribution in [0.5, 0.6) is 11.5 Å². The Morgan fingerprint density at radius 1 is 1.17 bits per heavy atom. The molecule has 0 atom stereocenters. The molecule has 5 nitrogen and oxygen atoms in total. The van der Waals surface area contributed by atoms with Crippen LogP contribution in [0.4, 0.5) is 5.69 Å². The lowest BCUT2D eigenvalue weighted by atomic mass is 9.76. The minimum absolute atomic E-state index is 0.0270. The Kier molecular flexibility index (Phi) is 4.22. The van der Waals surface area contributed by atoms with Gasteiger partial charge < -0.3 is 19.7 Å². The summed E-state index contributed by atoms with van der Waals surface area (Å²) in [5, 5.41) is 3.71. The number of hydrogen-bond donors (Lipinski definition) is 1. The highest BCUT2D eigenvalue weighted by Crippen LogP contribution is 2.41. The molecule has 0 unspecified atom stereocenters. The smallest absolute Gasteiger partial charge is 0.237 e. The zero-order valence-corrected chi connectivity index (χ0v) is 15.0. The van der Waals surface area contributed by atoms with Gasteiger partial charge in [-0.15, -0.1) is 0 Å². The third kappa shape index (κ3) is 2.73. The van der Waals surface area contributed by atoms with Crippen molar-refractivity contribution < 1.29 is 14.3 Å². The zero-order valence-electron chi connectivity index (χ0n) is 14.3. The van der Waals surface area contributed by atoms with E-state index in [2.05, 4.69) is 5.32 Å². The summed E-state index contributed by atoms with van der Waals surface area (Å²) in [4.78, 5) is 14.9. The van der Waals surface area contributed by atoms with Crippen molar-refractivity contribution in [2.75, 3.05) is 32.2 Å². The van der Waals surface area contributed by atoms with Gasteiger partial charge in [0.1, 0.15) is 16.7 Å². The predicted molar refractivity (Wildman–Crippen MR) is 94.6 cm³/mol. The van der Waals surface area contributed by atoms with Gasteiger partial charge in [0.15, 0.2) is 0 Å². The molecular weight excluding hydrogens is 328 g/mol. The molecule has 2 heterocycles. The summed E-state index contributed by atoms with van der Waals surface area (Å²) in [6.07, 6.45) is 1.86. The molecule has 1 amide bonds. The Morgan fingerprint density at radius 2 is 1.79 bits per heavy atom. The van der Waals surface area contributed by atoms with Crippen LogP contribution in [0.2, 0.25) is 0 Å². The van der Waals surface area contributed by atoms with Gasteiger partial charge in [0.05, 0.1) is 25.3 Å². The van der Waals surface area contributed by atoms with Gasteiger partial charge in [-0.2, -0.15) is 0 Å². The summed E-state index contributed by atoms with van der Waals surface area (Å²) in [7, 11) is 3.19. The second kappa shape index (κ2) is 6.06. The van der Waals surface area contributed by atoms with Crippen LogP contribution in [0.3, 0.4) is 0 Å². The van der Waals surface area contributed by atoms with E-state index in [1.807, 2.05) is 32.1 Å². The number of hydrogen-bond acceptors (Lipinski definition) is 4. The van der Waals surface area contributed by atoms with Gasteiger partial charge in [-0.3, -0.25) is 4.79 Å². The van der Waals surface area contributed by atoms with Crippen molar-refractivity contribution in [1.82, 2.24) is 5.32 Å². The highest BCUT2D eigenvalue weighted by Gasteiger charge is 2.42. The minimum Gasteiger partial charge on any atom is -0.497 e. The molecule has 6 heteroatoms. The van der Waals surface area contributed by atoms with Crippen LogP contribution in [-0.2, 0) is 4.79 Å². The van der Waals surface area contributed by atoms with Crippen LogP contribution in [0, 0.1) is 5.41 Å². The van der Waals surface area contributed by atoms with Gasteiger partial charge in [0.2, 0.25) is 5.91 Å². The molecule has 128 valence electrons. The maximum atomic E-state index is 13.1. The van der Waals surface area contributed by atoms with E-state index in [9.17, 15) is 4.79 Å². The van der Waals surface area contributed by atoms with Crippen molar-refractivity contribution >= 4 is 23.2 Å². The molecule has 0 saturated heterocycles. The Labute approximate surface area is 146 Å². The molecule has 1 aromatic rings. The summed E-state index contributed by atoms with van der Waals surface area (Å²) in [6.45, 7) is 5.01. The van der Waals surface area contributed by atoms with Crippen molar-refractivity contribution in [3.8, 4) is 11.5 Å². The molecule has 0 bridgehead atoms. The number of allylic oxidation sites excluding steroid dienone is 1. The Balaban J connectivity index is 2.07. The van der Waals surface area contributed by atoms with Crippen molar-refractivity contribution in [3.05, 3.63) is 40.6 Å². The zero-order chi connectivity index (χ0) is 17.5. The maximum absolute atomic E-state index is 13.1. The van der Waals surface area contributed by atoms with Crippen LogP contribution in [0.15, 0.2) is 40.6 Å². The second-order valence-corrected chi connectivity index (χ2v) is 6.86. The molecule has 0 fully saturated rings. The highest BCUT2D eigenvalue weighted by atomic mass is 35.5. The average molecular weight is 349 g/mol. The fourth-order valence-electron chi connectivity index (χ4n) is 3.20. The van der Waals surface area contributed by atoms with E-state index in [0.717, 1.165) is 16.8 Å². The van der Waals surface area contributed by atoms with E-state index in [-0.39, 0.29) is 5.91 Å². The molecule has 0 radical (unpaired) electrons. The van der Waals surface area contributed by atoms with Gasteiger partial charge in [-0.1, -0.05) is 11.6 Å². The van der Waals surface area contributed by atoms with Gasteiger partial charge in [-0.05, 0) is 31.1 Å². The number of nitrogens with zero attached hydrogens (tertiary/aromatic N) is 1. The first-order chi connectivity index (χ1) is 11.4. The molecule has 1 N–H and O–H groups in total. The highest BCUT2D eigenvalue weighted by molar-refractivity contribution is 6.29. The molecule has 2 aliphatic rings. The number of carbonyl (C=O) groups excluding carboxylic acids is 1. The molecular formula is C18H21ClN2O3. The lowest BCUT2D eigenvalue weighted by Crippen LogP contribution is -2.49. The summed E-state index contributed by atoms with van der Waals surface area (Å²) in [5.41, 5.74) is 2.27. The Hall–Kier alpha value is -2.14. The first-order valence-electron chi connectivity index (χ1n) is 7.75. The molecule has 0 spiro atoms. The van der Waals surface area contributed by atoms with Gasteiger partial charge in [0, 0.05) is 31.3 Å².